The lowest BCUT2D eigenvalue weighted by Gasteiger charge is -2.24. The smallest absolute Gasteiger partial charge is 0.318 e. The molecule has 1 atom stereocenters. The van der Waals surface area contributed by atoms with E-state index in [1.807, 2.05) is 6.92 Å². The molecule has 3 amide bonds. The van der Waals surface area contributed by atoms with E-state index in [1.165, 1.54) is 11.9 Å². The van der Waals surface area contributed by atoms with Crippen LogP contribution in [0, 0.1) is 0 Å². The number of nitrogens with zero attached hydrogens (tertiary/aromatic N) is 1. The largest absolute Gasteiger partial charge is 0.481 e. The first-order valence-electron chi connectivity index (χ1n) is 6.42. The van der Waals surface area contributed by atoms with Crippen LogP contribution in [0.2, 0.25) is 0 Å². The van der Waals surface area contributed by atoms with Crippen LogP contribution in [0.3, 0.4) is 0 Å². The lowest BCUT2D eigenvalue weighted by atomic mass is 10.1. The highest BCUT2D eigenvalue weighted by atomic mass is 16.4. The van der Waals surface area contributed by atoms with Crippen LogP contribution in [0.15, 0.2) is 0 Å². The quantitative estimate of drug-likeness (QED) is 0.596. The van der Waals surface area contributed by atoms with Gasteiger partial charge < -0.3 is 20.6 Å². The monoisotopic (exact) mass is 273 g/mol. The Kier molecular flexibility index (Phi) is 8.32. The molecule has 0 aromatic heterocycles. The number of carboxylic acids is 1. The average molecular weight is 273 g/mol. The molecule has 0 aromatic rings. The van der Waals surface area contributed by atoms with E-state index in [9.17, 15) is 14.4 Å². The standard InChI is InChI=1S/C12H23N3O4/c1-4-6-15(8-10(16)13-3)12(19)14-9(5-2)7-11(17)18/h9H,4-8H2,1-3H3,(H,13,16)(H,14,19)(H,17,18). The van der Waals surface area contributed by atoms with Crippen LogP contribution in [0.1, 0.15) is 33.1 Å². The number of carbonyl (C=O) groups is 3. The zero-order chi connectivity index (χ0) is 14.8. The van der Waals surface area contributed by atoms with E-state index in [4.69, 9.17) is 5.11 Å². The molecule has 7 heteroatoms. The molecule has 0 bridgehead atoms. The van der Waals surface area contributed by atoms with Crippen molar-refractivity contribution in [2.45, 2.75) is 39.2 Å². The third-order valence-corrected chi connectivity index (χ3v) is 2.64. The van der Waals surface area contributed by atoms with Gasteiger partial charge in [0, 0.05) is 19.6 Å². The second-order valence-electron chi connectivity index (χ2n) is 4.25. The van der Waals surface area contributed by atoms with Crippen LogP contribution in [0.4, 0.5) is 4.79 Å². The molecule has 7 nitrogen and oxygen atoms in total. The van der Waals surface area contributed by atoms with Crippen LogP contribution in [0.5, 0.6) is 0 Å². The van der Waals surface area contributed by atoms with Gasteiger partial charge in [-0.25, -0.2) is 4.79 Å². The number of hydrogen-bond acceptors (Lipinski definition) is 3. The Labute approximate surface area is 113 Å². The summed E-state index contributed by atoms with van der Waals surface area (Å²) in [7, 11) is 1.50. The first kappa shape index (κ1) is 17.2. The highest BCUT2D eigenvalue weighted by molar-refractivity contribution is 5.84. The minimum absolute atomic E-state index is 0.0281. The maximum absolute atomic E-state index is 12.0. The molecular formula is C12H23N3O4. The van der Waals surface area contributed by atoms with Gasteiger partial charge in [0.25, 0.3) is 0 Å². The molecule has 0 saturated carbocycles. The van der Waals surface area contributed by atoms with E-state index < -0.39 is 18.0 Å². The minimum Gasteiger partial charge on any atom is -0.481 e. The zero-order valence-corrected chi connectivity index (χ0v) is 11.7. The predicted octanol–water partition coefficient (Wildman–Crippen LogP) is 0.407. The van der Waals surface area contributed by atoms with Crippen LogP contribution in [-0.2, 0) is 9.59 Å². The Bertz CT molecular complexity index is 320. The number of carbonyl (C=O) groups excluding carboxylic acids is 2. The van der Waals surface area contributed by atoms with Crippen LogP contribution in [-0.4, -0.2) is 54.1 Å². The van der Waals surface area contributed by atoms with Crippen molar-refractivity contribution in [3.8, 4) is 0 Å². The summed E-state index contributed by atoms with van der Waals surface area (Å²) in [5.41, 5.74) is 0. The summed E-state index contributed by atoms with van der Waals surface area (Å²) in [5.74, 6) is -1.21. The van der Waals surface area contributed by atoms with Gasteiger partial charge in [-0.3, -0.25) is 9.59 Å². The normalized spacial score (nSPS) is 11.5. The summed E-state index contributed by atoms with van der Waals surface area (Å²) < 4.78 is 0. The first-order chi connectivity index (χ1) is 8.94. The van der Waals surface area contributed by atoms with Gasteiger partial charge in [-0.2, -0.15) is 0 Å². The van der Waals surface area contributed by atoms with E-state index in [0.29, 0.717) is 13.0 Å². The number of urea groups is 1. The third kappa shape index (κ3) is 7.28. The molecule has 0 radical (unpaired) electrons. The number of likely N-dealkylation sites (N-methyl/N-ethyl adjacent to an activating group) is 1. The van der Waals surface area contributed by atoms with Gasteiger partial charge in [-0.15, -0.1) is 0 Å². The Morgan fingerprint density at radius 2 is 1.89 bits per heavy atom. The van der Waals surface area contributed by atoms with Gasteiger partial charge in [0.15, 0.2) is 0 Å². The number of amides is 3. The number of rotatable bonds is 8. The molecule has 1 unspecified atom stereocenters. The fourth-order valence-electron chi connectivity index (χ4n) is 1.55. The summed E-state index contributed by atoms with van der Waals surface area (Å²) in [6.45, 7) is 4.12. The van der Waals surface area contributed by atoms with Crippen molar-refractivity contribution >= 4 is 17.9 Å². The summed E-state index contributed by atoms with van der Waals surface area (Å²) in [5, 5.41) is 13.8. The molecule has 0 spiro atoms. The summed E-state index contributed by atoms with van der Waals surface area (Å²) in [6.07, 6.45) is 1.13. The molecule has 110 valence electrons. The second kappa shape index (κ2) is 9.18. The maximum Gasteiger partial charge on any atom is 0.318 e. The van der Waals surface area contributed by atoms with Gasteiger partial charge in [-0.05, 0) is 12.8 Å². The molecular weight excluding hydrogens is 250 g/mol. The molecule has 0 aliphatic rings. The summed E-state index contributed by atoms with van der Waals surface area (Å²) in [6, 6.07) is -0.826. The number of aliphatic carboxylic acids is 1. The maximum atomic E-state index is 12.0. The Morgan fingerprint density at radius 3 is 2.32 bits per heavy atom. The Morgan fingerprint density at radius 1 is 1.26 bits per heavy atom. The number of hydrogen-bond donors (Lipinski definition) is 3. The van der Waals surface area contributed by atoms with Crippen LogP contribution >= 0.6 is 0 Å². The lowest BCUT2D eigenvalue weighted by molar-refractivity contribution is -0.137. The highest BCUT2D eigenvalue weighted by Crippen LogP contribution is 2.00. The second-order valence-corrected chi connectivity index (χ2v) is 4.25. The van der Waals surface area contributed by atoms with E-state index >= 15 is 0 Å². The molecule has 0 rings (SSSR count). The molecule has 0 aliphatic carbocycles. The van der Waals surface area contributed by atoms with Gasteiger partial charge in [0.2, 0.25) is 5.91 Å². The summed E-state index contributed by atoms with van der Waals surface area (Å²) >= 11 is 0. The van der Waals surface area contributed by atoms with E-state index in [-0.39, 0.29) is 18.9 Å². The fraction of sp³-hybridized carbons (Fsp3) is 0.750. The van der Waals surface area contributed by atoms with Crippen molar-refractivity contribution in [1.29, 1.82) is 0 Å². The minimum atomic E-state index is -0.958. The van der Waals surface area contributed by atoms with Crippen LogP contribution < -0.4 is 10.6 Å². The highest BCUT2D eigenvalue weighted by Gasteiger charge is 2.20. The van der Waals surface area contributed by atoms with Gasteiger partial charge >= 0.3 is 12.0 Å². The molecule has 3 N–H and O–H groups in total. The van der Waals surface area contributed by atoms with Gasteiger partial charge in [0.1, 0.15) is 6.54 Å². The lowest BCUT2D eigenvalue weighted by Crippen LogP contribution is -2.48. The first-order valence-corrected chi connectivity index (χ1v) is 6.42. The Balaban J connectivity index is 4.52. The summed E-state index contributed by atoms with van der Waals surface area (Å²) in [4.78, 5) is 35.3. The van der Waals surface area contributed by atoms with E-state index in [2.05, 4.69) is 10.6 Å². The average Bonchev–Trinajstić information content (AvgIpc) is 2.36. The van der Waals surface area contributed by atoms with Gasteiger partial charge in [-0.1, -0.05) is 13.8 Å². The molecule has 0 aromatic carbocycles. The van der Waals surface area contributed by atoms with Crippen molar-refractivity contribution in [2.24, 2.45) is 0 Å². The number of nitrogens with one attached hydrogen (secondary N) is 2. The zero-order valence-electron chi connectivity index (χ0n) is 11.7. The molecule has 0 heterocycles. The van der Waals surface area contributed by atoms with Gasteiger partial charge in [0.05, 0.1) is 6.42 Å². The molecule has 19 heavy (non-hydrogen) atoms. The predicted molar refractivity (Wildman–Crippen MR) is 70.8 cm³/mol. The fourth-order valence-corrected chi connectivity index (χ4v) is 1.55. The SMILES string of the molecule is CCCN(CC(=O)NC)C(=O)NC(CC)CC(=O)O. The van der Waals surface area contributed by atoms with Crippen molar-refractivity contribution in [2.75, 3.05) is 20.1 Å². The van der Waals surface area contributed by atoms with Crippen molar-refractivity contribution in [1.82, 2.24) is 15.5 Å². The van der Waals surface area contributed by atoms with Crippen LogP contribution in [0.25, 0.3) is 0 Å². The molecule has 0 fully saturated rings. The van der Waals surface area contributed by atoms with E-state index in [0.717, 1.165) is 6.42 Å². The topological polar surface area (TPSA) is 98.7 Å². The van der Waals surface area contributed by atoms with Crippen molar-refractivity contribution in [3.05, 3.63) is 0 Å². The number of carboxylic acid groups (broad SMARTS) is 1. The third-order valence-electron chi connectivity index (χ3n) is 2.64. The molecule has 0 saturated heterocycles. The Hall–Kier alpha value is -1.79. The van der Waals surface area contributed by atoms with E-state index in [1.54, 1.807) is 6.92 Å². The van der Waals surface area contributed by atoms with Crippen molar-refractivity contribution in [3.63, 3.8) is 0 Å². The van der Waals surface area contributed by atoms with Crippen molar-refractivity contribution < 1.29 is 19.5 Å². The molecule has 0 aliphatic heterocycles.